The van der Waals surface area contributed by atoms with Gasteiger partial charge in [0.1, 0.15) is 0 Å². The summed E-state index contributed by atoms with van der Waals surface area (Å²) in [4.78, 5) is 4.65. The van der Waals surface area contributed by atoms with Crippen molar-refractivity contribution in [3.63, 3.8) is 0 Å². The van der Waals surface area contributed by atoms with Gasteiger partial charge in [-0.25, -0.2) is 8.42 Å². The summed E-state index contributed by atoms with van der Waals surface area (Å²) in [5.74, 6) is 0. The van der Waals surface area contributed by atoms with E-state index in [1.807, 2.05) is 25.1 Å². The quantitative estimate of drug-likeness (QED) is 0.677. The number of hydrogen-bond donors (Lipinski definition) is 1. The fourth-order valence-corrected chi connectivity index (χ4v) is 3.69. The fourth-order valence-electron chi connectivity index (χ4n) is 2.26. The van der Waals surface area contributed by atoms with E-state index in [2.05, 4.69) is 25.6 Å². The van der Waals surface area contributed by atoms with Crippen molar-refractivity contribution in [2.45, 2.75) is 17.1 Å². The summed E-state index contributed by atoms with van der Waals surface area (Å²) in [6.07, 6.45) is 0. The van der Waals surface area contributed by atoms with Crippen LogP contribution in [0.25, 0.3) is 10.9 Å². The van der Waals surface area contributed by atoms with Gasteiger partial charge in [0.15, 0.2) is 0 Å². The molecule has 0 saturated carbocycles. The average Bonchev–Trinajstić information content (AvgIpc) is 2.55. The van der Waals surface area contributed by atoms with Crippen molar-refractivity contribution in [2.75, 3.05) is 4.72 Å². The molecule has 0 amide bonds. The minimum atomic E-state index is -3.60. The highest BCUT2D eigenvalue weighted by Gasteiger charge is 2.14. The lowest BCUT2D eigenvalue weighted by Crippen LogP contribution is -2.12. The van der Waals surface area contributed by atoms with E-state index in [4.69, 9.17) is 0 Å². The molecule has 3 aromatic rings. The number of sulfonamides is 1. The Morgan fingerprint density at radius 3 is 2.48 bits per heavy atom. The summed E-state index contributed by atoms with van der Waals surface area (Å²) in [5.41, 5.74) is 3.32. The number of anilines is 1. The molecule has 0 aliphatic rings. The van der Waals surface area contributed by atoms with Gasteiger partial charge in [-0.05, 0) is 48.9 Å². The Balaban J connectivity index is 1.91. The number of aromatic nitrogens is 1. The van der Waals surface area contributed by atoms with Gasteiger partial charge in [-0.1, -0.05) is 34.1 Å². The smallest absolute Gasteiger partial charge is 0.261 e. The molecule has 0 saturated heterocycles. The van der Waals surface area contributed by atoms with E-state index in [1.165, 1.54) is 0 Å². The molecule has 118 valence electrons. The lowest BCUT2D eigenvalue weighted by Gasteiger charge is -2.09. The summed E-state index contributed by atoms with van der Waals surface area (Å²) in [6.45, 7) is 1.92. The van der Waals surface area contributed by atoms with Gasteiger partial charge in [0.05, 0.1) is 10.4 Å². The van der Waals surface area contributed by atoms with Crippen molar-refractivity contribution in [1.82, 2.24) is 4.98 Å². The topological polar surface area (TPSA) is 59.1 Å². The summed E-state index contributed by atoms with van der Waals surface area (Å²) < 4.78 is 27.5. The van der Waals surface area contributed by atoms with Gasteiger partial charge in [0.2, 0.25) is 0 Å². The minimum Gasteiger partial charge on any atom is -0.280 e. The van der Waals surface area contributed by atoms with E-state index in [9.17, 15) is 8.42 Å². The number of hydrogen-bond acceptors (Lipinski definition) is 3. The van der Waals surface area contributed by atoms with Crippen molar-refractivity contribution < 1.29 is 8.42 Å². The Hall–Kier alpha value is -1.92. The molecule has 0 fully saturated rings. The van der Waals surface area contributed by atoms with Crippen LogP contribution >= 0.6 is 15.9 Å². The lowest BCUT2D eigenvalue weighted by atomic mass is 10.2. The third kappa shape index (κ3) is 3.54. The molecule has 0 aliphatic heterocycles. The second-order valence-electron chi connectivity index (χ2n) is 5.24. The molecule has 1 heterocycles. The van der Waals surface area contributed by atoms with Gasteiger partial charge in [-0.3, -0.25) is 9.71 Å². The molecule has 23 heavy (non-hydrogen) atoms. The zero-order chi connectivity index (χ0) is 16.4. The van der Waals surface area contributed by atoms with Crippen LogP contribution in [0.3, 0.4) is 0 Å². The van der Waals surface area contributed by atoms with Crippen LogP contribution < -0.4 is 4.72 Å². The molecule has 1 N–H and O–H groups in total. The molecule has 2 aromatic carbocycles. The number of rotatable bonds is 4. The number of nitrogens with one attached hydrogen (secondary N) is 1. The molecule has 4 nitrogen and oxygen atoms in total. The molecule has 0 radical (unpaired) electrons. The Labute approximate surface area is 143 Å². The Bertz CT molecular complexity index is 954. The van der Waals surface area contributed by atoms with Crippen LogP contribution in [0.5, 0.6) is 0 Å². The number of halogens is 1. The second kappa shape index (κ2) is 6.29. The first kappa shape index (κ1) is 16.0. The van der Waals surface area contributed by atoms with Gasteiger partial charge in [-0.2, -0.15) is 0 Å². The van der Waals surface area contributed by atoms with Crippen LogP contribution in [0, 0.1) is 6.92 Å². The normalized spacial score (nSPS) is 11.6. The highest BCUT2D eigenvalue weighted by atomic mass is 79.9. The fraction of sp³-hybridized carbons (Fsp3) is 0.118. The maximum Gasteiger partial charge on any atom is 0.261 e. The van der Waals surface area contributed by atoms with Crippen LogP contribution in [-0.4, -0.2) is 13.4 Å². The van der Waals surface area contributed by atoms with E-state index < -0.39 is 10.0 Å². The van der Waals surface area contributed by atoms with Gasteiger partial charge in [0, 0.05) is 22.1 Å². The van der Waals surface area contributed by atoms with E-state index in [0.717, 1.165) is 22.2 Å². The van der Waals surface area contributed by atoms with Crippen molar-refractivity contribution in [3.8, 4) is 0 Å². The van der Waals surface area contributed by atoms with E-state index in [1.54, 1.807) is 36.4 Å². The molecule has 6 heteroatoms. The van der Waals surface area contributed by atoms with E-state index >= 15 is 0 Å². The van der Waals surface area contributed by atoms with Crippen molar-refractivity contribution in [2.24, 2.45) is 0 Å². The molecule has 0 bridgehead atoms. The van der Waals surface area contributed by atoms with Crippen LogP contribution in [0.4, 0.5) is 5.69 Å². The summed E-state index contributed by atoms with van der Waals surface area (Å²) >= 11 is 3.34. The van der Waals surface area contributed by atoms with Crippen LogP contribution in [-0.2, 0) is 15.4 Å². The number of nitrogens with zero attached hydrogens (tertiary/aromatic N) is 1. The SMILES string of the molecule is Cc1ccc2cc(NS(=O)(=O)c3ccc(CBr)cc3)ccc2n1. The molecular formula is C17H15BrN2O2S. The first-order chi connectivity index (χ1) is 11.0. The Kier molecular flexibility index (Phi) is 4.37. The maximum atomic E-state index is 12.5. The number of pyridine rings is 1. The van der Waals surface area contributed by atoms with Gasteiger partial charge in [0.25, 0.3) is 10.0 Å². The maximum absolute atomic E-state index is 12.5. The first-order valence-corrected chi connectivity index (χ1v) is 9.63. The number of aryl methyl sites for hydroxylation is 1. The molecule has 1 aromatic heterocycles. The van der Waals surface area contributed by atoms with Crippen LogP contribution in [0.15, 0.2) is 59.5 Å². The number of fused-ring (bicyclic) bond motifs is 1. The van der Waals surface area contributed by atoms with Gasteiger partial charge < -0.3 is 0 Å². The highest BCUT2D eigenvalue weighted by Crippen LogP contribution is 2.21. The molecule has 0 spiro atoms. The standard InChI is InChI=1S/C17H15BrN2O2S/c1-12-2-5-14-10-15(6-9-17(14)19-12)20-23(21,22)16-7-3-13(11-18)4-8-16/h2-10,20H,11H2,1H3. The zero-order valence-corrected chi connectivity index (χ0v) is 14.9. The minimum absolute atomic E-state index is 0.240. The zero-order valence-electron chi connectivity index (χ0n) is 12.5. The predicted octanol–water partition coefficient (Wildman–Crippen LogP) is 4.24. The molecule has 0 unspecified atom stereocenters. The predicted molar refractivity (Wildman–Crippen MR) is 96.4 cm³/mol. The summed E-state index contributed by atoms with van der Waals surface area (Å²) in [5, 5.41) is 1.59. The largest absolute Gasteiger partial charge is 0.280 e. The summed E-state index contributed by atoms with van der Waals surface area (Å²) in [6, 6.07) is 15.9. The molecule has 3 rings (SSSR count). The van der Waals surface area contributed by atoms with Crippen molar-refractivity contribution in [1.29, 1.82) is 0 Å². The molecule has 0 atom stereocenters. The van der Waals surface area contributed by atoms with E-state index in [0.29, 0.717) is 11.0 Å². The van der Waals surface area contributed by atoms with Crippen molar-refractivity contribution >= 4 is 42.5 Å². The molecular weight excluding hydrogens is 376 g/mol. The monoisotopic (exact) mass is 390 g/mol. The Morgan fingerprint density at radius 1 is 1.04 bits per heavy atom. The van der Waals surface area contributed by atoms with Gasteiger partial charge in [-0.15, -0.1) is 0 Å². The number of benzene rings is 2. The third-order valence-corrected chi connectivity index (χ3v) is 5.51. The van der Waals surface area contributed by atoms with Crippen LogP contribution in [0.1, 0.15) is 11.3 Å². The second-order valence-corrected chi connectivity index (χ2v) is 7.49. The molecule has 0 aliphatic carbocycles. The third-order valence-electron chi connectivity index (χ3n) is 3.47. The van der Waals surface area contributed by atoms with E-state index in [-0.39, 0.29) is 4.90 Å². The van der Waals surface area contributed by atoms with Gasteiger partial charge >= 0.3 is 0 Å². The summed E-state index contributed by atoms with van der Waals surface area (Å²) in [7, 11) is -3.60. The van der Waals surface area contributed by atoms with Crippen LogP contribution in [0.2, 0.25) is 0 Å². The highest BCUT2D eigenvalue weighted by molar-refractivity contribution is 9.08. The average molecular weight is 391 g/mol. The number of alkyl halides is 1. The first-order valence-electron chi connectivity index (χ1n) is 7.03. The lowest BCUT2D eigenvalue weighted by molar-refractivity contribution is 0.601. The Morgan fingerprint density at radius 2 is 1.78 bits per heavy atom. The van der Waals surface area contributed by atoms with Crippen molar-refractivity contribution in [3.05, 3.63) is 65.9 Å².